The lowest BCUT2D eigenvalue weighted by molar-refractivity contribution is -0.131. The van der Waals surface area contributed by atoms with Gasteiger partial charge in [0, 0.05) is 26.2 Å². The molecule has 2 aliphatic heterocycles. The number of hydrogen-bond donors (Lipinski definition) is 1. The molecule has 9 heteroatoms. The number of nitrogens with one attached hydrogen (secondary N) is 1. The van der Waals surface area contributed by atoms with Gasteiger partial charge in [-0.2, -0.15) is 0 Å². The molecule has 1 aromatic rings. The normalized spacial score (nSPS) is 24.6. The molecular weight excluding hydrogens is 382 g/mol. The zero-order valence-corrected chi connectivity index (χ0v) is 17.1. The zero-order chi connectivity index (χ0) is 20.3. The van der Waals surface area contributed by atoms with Crippen LogP contribution < -0.4 is 5.32 Å². The highest BCUT2D eigenvalue weighted by atomic mass is 32.2. The fourth-order valence-electron chi connectivity index (χ4n) is 3.84. The summed E-state index contributed by atoms with van der Waals surface area (Å²) in [7, 11) is -2.17. The number of nitrogens with zero attached hydrogens (tertiary/aromatic N) is 2. The summed E-state index contributed by atoms with van der Waals surface area (Å²) in [6.45, 7) is 2.91. The summed E-state index contributed by atoms with van der Waals surface area (Å²) in [6.07, 6.45) is 0.702. The molecule has 0 unspecified atom stereocenters. The van der Waals surface area contributed by atoms with E-state index in [1.54, 1.807) is 0 Å². The Morgan fingerprint density at radius 1 is 1.32 bits per heavy atom. The number of carbonyl (C=O) groups excluding carboxylic acids is 2. The first-order chi connectivity index (χ1) is 13.3. The van der Waals surface area contributed by atoms with E-state index < -0.39 is 22.0 Å². The molecule has 0 aliphatic carbocycles. The predicted molar refractivity (Wildman–Crippen MR) is 104 cm³/mol. The molecule has 2 atom stereocenters. The van der Waals surface area contributed by atoms with Gasteiger partial charge in [0.25, 0.3) is 5.91 Å². The molecule has 0 aromatic heterocycles. The maximum atomic E-state index is 12.9. The summed E-state index contributed by atoms with van der Waals surface area (Å²) in [6, 6.07) is 7.04. The molecule has 2 aliphatic rings. The van der Waals surface area contributed by atoms with E-state index in [9.17, 15) is 18.0 Å². The van der Waals surface area contributed by atoms with E-state index in [1.165, 1.54) is 7.11 Å². The average Bonchev–Trinajstić information content (AvgIpc) is 3.01. The molecule has 0 bridgehead atoms. The Morgan fingerprint density at radius 3 is 2.79 bits per heavy atom. The van der Waals surface area contributed by atoms with Gasteiger partial charge in [-0.15, -0.1) is 0 Å². The number of aryl methyl sites for hydroxylation is 1. The average molecular weight is 410 g/mol. The Bertz CT molecular complexity index is 842. The first-order valence-corrected chi connectivity index (χ1v) is 11.0. The lowest BCUT2D eigenvalue weighted by atomic mass is 10.1. The molecule has 1 aromatic carbocycles. The van der Waals surface area contributed by atoms with Crippen LogP contribution in [0.25, 0.3) is 0 Å². The minimum atomic E-state index is -3.63. The molecule has 8 nitrogen and oxygen atoms in total. The van der Waals surface area contributed by atoms with Crippen LogP contribution in [0.15, 0.2) is 24.3 Å². The molecule has 2 saturated heterocycles. The number of ether oxygens (including phenoxy) is 1. The Hall–Kier alpha value is -1.97. The van der Waals surface area contributed by atoms with Crippen molar-refractivity contribution in [2.45, 2.75) is 31.8 Å². The van der Waals surface area contributed by atoms with Crippen molar-refractivity contribution in [2.24, 2.45) is 0 Å². The van der Waals surface area contributed by atoms with Crippen LogP contribution in [0.4, 0.5) is 0 Å². The van der Waals surface area contributed by atoms with Crippen LogP contribution in [0.2, 0.25) is 0 Å². The molecule has 3 rings (SSSR count). The number of fused-ring (bicyclic) bond motifs is 1. The molecule has 154 valence electrons. The van der Waals surface area contributed by atoms with Crippen molar-refractivity contribution in [3.05, 3.63) is 35.4 Å². The maximum Gasteiger partial charge on any atom is 0.253 e. The summed E-state index contributed by atoms with van der Waals surface area (Å²) < 4.78 is 30.7. The Labute approximate surface area is 165 Å². The lowest BCUT2D eigenvalue weighted by Gasteiger charge is -2.23. The van der Waals surface area contributed by atoms with Crippen molar-refractivity contribution < 1.29 is 22.7 Å². The minimum absolute atomic E-state index is 0.0202. The van der Waals surface area contributed by atoms with Crippen LogP contribution >= 0.6 is 0 Å². The molecule has 0 saturated carbocycles. The van der Waals surface area contributed by atoms with Gasteiger partial charge < -0.3 is 10.1 Å². The third-order valence-electron chi connectivity index (χ3n) is 5.38. The maximum absolute atomic E-state index is 12.9. The van der Waals surface area contributed by atoms with Gasteiger partial charge in [-0.25, -0.2) is 12.7 Å². The zero-order valence-electron chi connectivity index (χ0n) is 16.3. The van der Waals surface area contributed by atoms with Gasteiger partial charge in [-0.3, -0.25) is 14.5 Å². The number of carbonyl (C=O) groups is 2. The molecule has 2 amide bonds. The molecule has 0 spiro atoms. The van der Waals surface area contributed by atoms with Gasteiger partial charge in [0.05, 0.1) is 31.4 Å². The highest BCUT2D eigenvalue weighted by Gasteiger charge is 2.45. The number of amides is 2. The van der Waals surface area contributed by atoms with Gasteiger partial charge in [-0.1, -0.05) is 24.3 Å². The van der Waals surface area contributed by atoms with Crippen molar-refractivity contribution in [3.8, 4) is 0 Å². The van der Waals surface area contributed by atoms with Crippen LogP contribution in [-0.2, 0) is 30.8 Å². The largest absolute Gasteiger partial charge is 0.383 e. The van der Waals surface area contributed by atoms with E-state index in [0.29, 0.717) is 13.0 Å². The first kappa shape index (κ1) is 20.8. The second kappa shape index (κ2) is 8.59. The first-order valence-electron chi connectivity index (χ1n) is 9.43. The fraction of sp³-hybridized carbons (Fsp3) is 0.579. The highest BCUT2D eigenvalue weighted by Crippen LogP contribution is 2.24. The summed E-state index contributed by atoms with van der Waals surface area (Å²) in [5.74, 6) is -0.624. The van der Waals surface area contributed by atoms with Crippen LogP contribution in [0, 0.1) is 6.92 Å². The Balaban J connectivity index is 1.64. The van der Waals surface area contributed by atoms with Crippen LogP contribution in [0.3, 0.4) is 0 Å². The molecule has 0 radical (unpaired) electrons. The topological polar surface area (TPSA) is 96.0 Å². The standard InChI is InChI=1S/C19H27N3O5S/c1-14-5-3-4-6-15(14)11-18(23)20-16-12-17-19(24)22(7-9-27-2)28(25,26)10-8-21(17)13-16/h3-6,16-17H,7-13H2,1-2H3,(H,20,23)/t16-,17-/m0/s1. The fourth-order valence-corrected chi connectivity index (χ4v) is 5.28. The van der Waals surface area contributed by atoms with Gasteiger partial charge in [-0.05, 0) is 24.5 Å². The monoisotopic (exact) mass is 409 g/mol. The Morgan fingerprint density at radius 2 is 2.07 bits per heavy atom. The molecular formula is C19H27N3O5S. The van der Waals surface area contributed by atoms with Crippen molar-refractivity contribution in [2.75, 3.05) is 39.1 Å². The van der Waals surface area contributed by atoms with E-state index in [2.05, 4.69) is 5.32 Å². The molecule has 2 fully saturated rings. The second-order valence-corrected chi connectivity index (χ2v) is 9.35. The van der Waals surface area contributed by atoms with Gasteiger partial charge in [0.1, 0.15) is 0 Å². The van der Waals surface area contributed by atoms with Gasteiger partial charge in [0.15, 0.2) is 0 Å². The van der Waals surface area contributed by atoms with E-state index in [4.69, 9.17) is 4.74 Å². The summed E-state index contributed by atoms with van der Waals surface area (Å²) in [4.78, 5) is 27.2. The summed E-state index contributed by atoms with van der Waals surface area (Å²) in [5.41, 5.74) is 2.03. The smallest absolute Gasteiger partial charge is 0.253 e. The van der Waals surface area contributed by atoms with Crippen molar-refractivity contribution >= 4 is 21.8 Å². The Kier molecular flexibility index (Phi) is 6.36. The summed E-state index contributed by atoms with van der Waals surface area (Å²) >= 11 is 0. The third-order valence-corrected chi connectivity index (χ3v) is 7.11. The predicted octanol–water partition coefficient (Wildman–Crippen LogP) is -0.0850. The van der Waals surface area contributed by atoms with Gasteiger partial charge >= 0.3 is 0 Å². The number of rotatable bonds is 6. The van der Waals surface area contributed by atoms with Gasteiger partial charge in [0.2, 0.25) is 15.9 Å². The third kappa shape index (κ3) is 4.53. The van der Waals surface area contributed by atoms with Crippen molar-refractivity contribution in [1.82, 2.24) is 14.5 Å². The molecule has 28 heavy (non-hydrogen) atoms. The van der Waals surface area contributed by atoms with Crippen LogP contribution in [-0.4, -0.2) is 80.6 Å². The van der Waals surface area contributed by atoms with E-state index >= 15 is 0 Å². The van der Waals surface area contributed by atoms with E-state index in [1.807, 2.05) is 36.1 Å². The van der Waals surface area contributed by atoms with Crippen LogP contribution in [0.5, 0.6) is 0 Å². The van der Waals surface area contributed by atoms with E-state index in [-0.39, 0.29) is 43.8 Å². The van der Waals surface area contributed by atoms with E-state index in [0.717, 1.165) is 15.4 Å². The number of hydrogen-bond acceptors (Lipinski definition) is 6. The minimum Gasteiger partial charge on any atom is -0.383 e. The number of methoxy groups -OCH3 is 1. The second-order valence-electron chi connectivity index (χ2n) is 7.33. The lowest BCUT2D eigenvalue weighted by Crippen LogP contribution is -2.45. The number of benzene rings is 1. The molecule has 2 heterocycles. The quantitative estimate of drug-likeness (QED) is 0.706. The van der Waals surface area contributed by atoms with Crippen molar-refractivity contribution in [3.63, 3.8) is 0 Å². The SMILES string of the molecule is COCCN1C(=O)[C@@H]2C[C@H](NC(=O)Cc3ccccc3C)CN2CCS1(=O)=O. The number of sulfonamides is 1. The highest BCUT2D eigenvalue weighted by molar-refractivity contribution is 7.89. The van der Waals surface area contributed by atoms with Crippen LogP contribution in [0.1, 0.15) is 17.5 Å². The molecule has 1 N–H and O–H groups in total. The van der Waals surface area contributed by atoms with Crippen molar-refractivity contribution in [1.29, 1.82) is 0 Å². The summed E-state index contributed by atoms with van der Waals surface area (Å²) in [5, 5.41) is 3.01.